The molecule has 0 unspecified atom stereocenters. The molecule has 1 aromatic heterocycles. The van der Waals surface area contributed by atoms with Crippen LogP contribution in [0.25, 0.3) is 10.4 Å². The molecule has 1 aromatic carbocycles. The first kappa shape index (κ1) is 18.8. The summed E-state index contributed by atoms with van der Waals surface area (Å²) in [7, 11) is 1.57. The maximum Gasteiger partial charge on any atom is 0.412 e. The van der Waals surface area contributed by atoms with Crippen molar-refractivity contribution in [2.45, 2.75) is 33.3 Å². The molecule has 2 aromatic rings. The lowest BCUT2D eigenvalue weighted by Crippen LogP contribution is -2.28. The maximum atomic E-state index is 12.0. The normalized spacial score (nSPS) is 11.1. The number of nitrogens with one attached hydrogen (secondary N) is 1. The molecule has 0 spiro atoms. The zero-order chi connectivity index (χ0) is 18.8. The monoisotopic (exact) mass is 362 g/mol. The van der Waals surface area contributed by atoms with E-state index in [9.17, 15) is 14.7 Å². The van der Waals surface area contributed by atoms with Gasteiger partial charge < -0.3 is 19.4 Å². The van der Waals surface area contributed by atoms with Crippen LogP contribution in [0.1, 0.15) is 36.0 Å². The van der Waals surface area contributed by atoms with Crippen molar-refractivity contribution < 1.29 is 24.2 Å². The van der Waals surface area contributed by atoms with Crippen molar-refractivity contribution in [1.29, 1.82) is 0 Å². The third-order valence-corrected chi connectivity index (χ3v) is 4.63. The van der Waals surface area contributed by atoms with Crippen LogP contribution in [0, 0.1) is 6.92 Å². The Bertz CT molecular complexity index is 787. The van der Waals surface area contributed by atoms with Crippen LogP contribution in [0.3, 0.4) is 0 Å². The fourth-order valence-electron chi connectivity index (χ4n) is 2.23. The predicted octanol–water partition coefficient (Wildman–Crippen LogP) is 3.44. The number of hydrogen-bond donors (Lipinski definition) is 1. The van der Waals surface area contributed by atoms with Gasteiger partial charge in [-0.25, -0.2) is 4.79 Å². The van der Waals surface area contributed by atoms with Crippen LogP contribution < -0.4 is 15.2 Å². The van der Waals surface area contributed by atoms with Crippen LogP contribution >= 0.6 is 11.3 Å². The number of amides is 1. The molecule has 134 valence electrons. The topological polar surface area (TPSA) is 87.7 Å². The van der Waals surface area contributed by atoms with Gasteiger partial charge in [-0.2, -0.15) is 0 Å². The number of thiophene rings is 1. The first-order valence-corrected chi connectivity index (χ1v) is 8.43. The number of hydrogen-bond acceptors (Lipinski definition) is 6. The fourth-order valence-corrected chi connectivity index (χ4v) is 3.33. The number of benzene rings is 1. The average molecular weight is 362 g/mol. The van der Waals surface area contributed by atoms with Crippen molar-refractivity contribution >= 4 is 29.1 Å². The number of ether oxygens (including phenoxy) is 2. The van der Waals surface area contributed by atoms with Gasteiger partial charge >= 0.3 is 6.09 Å². The largest absolute Gasteiger partial charge is 0.544 e. The number of carbonyl (C=O) groups excluding carboxylic acids is 2. The highest BCUT2D eigenvalue weighted by Gasteiger charge is 2.22. The lowest BCUT2D eigenvalue weighted by Gasteiger charge is -2.20. The van der Waals surface area contributed by atoms with E-state index in [1.807, 2.05) is 12.1 Å². The van der Waals surface area contributed by atoms with Gasteiger partial charge in [0, 0.05) is 4.88 Å². The minimum atomic E-state index is -1.35. The minimum absolute atomic E-state index is 0.0471. The molecule has 7 heteroatoms. The summed E-state index contributed by atoms with van der Waals surface area (Å²) in [6.45, 7) is 6.94. The highest BCUT2D eigenvalue weighted by molar-refractivity contribution is 7.18. The van der Waals surface area contributed by atoms with Crippen LogP contribution in [-0.2, 0) is 4.74 Å². The molecule has 1 heterocycles. The second-order valence-corrected chi connectivity index (χ2v) is 7.42. The van der Waals surface area contributed by atoms with Gasteiger partial charge in [0.25, 0.3) is 0 Å². The molecule has 0 fully saturated rings. The molecule has 0 saturated heterocycles. The van der Waals surface area contributed by atoms with E-state index >= 15 is 0 Å². The van der Waals surface area contributed by atoms with E-state index in [1.54, 1.807) is 46.9 Å². The van der Waals surface area contributed by atoms with Gasteiger partial charge in [0.2, 0.25) is 0 Å². The molecule has 1 N–H and O–H groups in total. The zero-order valence-corrected chi connectivity index (χ0v) is 15.6. The van der Waals surface area contributed by atoms with E-state index in [0.717, 1.165) is 21.8 Å². The van der Waals surface area contributed by atoms with Crippen molar-refractivity contribution in [2.24, 2.45) is 0 Å². The second-order valence-electron chi connectivity index (χ2n) is 6.40. The van der Waals surface area contributed by atoms with E-state index in [0.29, 0.717) is 11.3 Å². The number of methoxy groups -OCH3 is 1. The fraction of sp³-hybridized carbons (Fsp3) is 0.333. The zero-order valence-electron chi connectivity index (χ0n) is 14.8. The first-order valence-electron chi connectivity index (χ1n) is 7.61. The summed E-state index contributed by atoms with van der Waals surface area (Å²) in [5.74, 6) is -0.649. The second kappa shape index (κ2) is 7.14. The van der Waals surface area contributed by atoms with Gasteiger partial charge in [-0.05, 0) is 63.1 Å². The summed E-state index contributed by atoms with van der Waals surface area (Å²) in [5.41, 5.74) is 0.974. The molecule has 1 amide bonds. The first-order chi connectivity index (χ1) is 11.6. The van der Waals surface area contributed by atoms with E-state index in [1.165, 1.54) is 0 Å². The van der Waals surface area contributed by atoms with Crippen LogP contribution in [0.4, 0.5) is 10.5 Å². The van der Waals surface area contributed by atoms with E-state index in [2.05, 4.69) is 5.32 Å². The van der Waals surface area contributed by atoms with Crippen molar-refractivity contribution in [3.8, 4) is 16.2 Å². The van der Waals surface area contributed by atoms with Crippen molar-refractivity contribution in [3.05, 3.63) is 34.7 Å². The lowest BCUT2D eigenvalue weighted by atomic mass is 10.1. The van der Waals surface area contributed by atoms with Crippen molar-refractivity contribution in [1.82, 2.24) is 0 Å². The summed E-state index contributed by atoms with van der Waals surface area (Å²) in [5, 5.41) is 14.0. The SMILES string of the molecule is COc1ccc(-c2sc(C(=O)[O-])c(NC(=O)OC(C)(C)C)c2C)cc1. The molecule has 0 aliphatic heterocycles. The summed E-state index contributed by atoms with van der Waals surface area (Å²) in [4.78, 5) is 24.2. The van der Waals surface area contributed by atoms with Gasteiger partial charge in [-0.3, -0.25) is 5.32 Å². The minimum Gasteiger partial charge on any atom is -0.544 e. The number of carbonyl (C=O) groups is 2. The molecule has 2 rings (SSSR count). The van der Waals surface area contributed by atoms with E-state index in [4.69, 9.17) is 9.47 Å². The molecule has 0 atom stereocenters. The Hall–Kier alpha value is -2.54. The number of carboxylic acids is 1. The number of aromatic carboxylic acids is 1. The summed E-state index contributed by atoms with van der Waals surface area (Å²) < 4.78 is 10.3. The highest BCUT2D eigenvalue weighted by Crippen LogP contribution is 2.40. The molecule has 25 heavy (non-hydrogen) atoms. The Labute approximate surface area is 150 Å². The molecular formula is C18H20NO5S-. The molecule has 0 aliphatic rings. The van der Waals surface area contributed by atoms with Gasteiger partial charge in [-0.15, -0.1) is 11.3 Å². The van der Waals surface area contributed by atoms with E-state index in [-0.39, 0.29) is 10.6 Å². The summed E-state index contributed by atoms with van der Waals surface area (Å²) in [6, 6.07) is 7.23. The molecule has 0 aliphatic carbocycles. The Morgan fingerprint density at radius 2 is 1.76 bits per heavy atom. The smallest absolute Gasteiger partial charge is 0.412 e. The van der Waals surface area contributed by atoms with Gasteiger partial charge in [0.15, 0.2) is 0 Å². The summed E-state index contributed by atoms with van der Waals surface area (Å²) >= 11 is 1.05. The standard InChI is InChI=1S/C18H21NO5S/c1-10-13(19-17(22)24-18(2,3)4)15(16(20)21)25-14(10)11-6-8-12(23-5)9-7-11/h6-9H,1-5H3,(H,19,22)(H,20,21)/p-1. The molecule has 0 radical (unpaired) electrons. The number of rotatable bonds is 4. The van der Waals surface area contributed by atoms with Crippen LogP contribution in [-0.4, -0.2) is 24.8 Å². The van der Waals surface area contributed by atoms with E-state index < -0.39 is 17.7 Å². The predicted molar refractivity (Wildman–Crippen MR) is 95.2 cm³/mol. The third-order valence-electron chi connectivity index (χ3n) is 3.31. The van der Waals surface area contributed by atoms with Gasteiger partial charge in [-0.1, -0.05) is 0 Å². The van der Waals surface area contributed by atoms with Crippen LogP contribution in [0.15, 0.2) is 24.3 Å². The third kappa shape index (κ3) is 4.51. The van der Waals surface area contributed by atoms with Crippen LogP contribution in [0.2, 0.25) is 0 Å². The van der Waals surface area contributed by atoms with Crippen LogP contribution in [0.5, 0.6) is 5.75 Å². The average Bonchev–Trinajstić information content (AvgIpc) is 2.83. The summed E-state index contributed by atoms with van der Waals surface area (Å²) in [6.07, 6.45) is -0.711. The molecule has 0 bridgehead atoms. The lowest BCUT2D eigenvalue weighted by molar-refractivity contribution is -0.254. The Kier molecular flexibility index (Phi) is 5.37. The molecular weight excluding hydrogens is 342 g/mol. The number of anilines is 1. The Balaban J connectivity index is 2.41. The molecule has 6 nitrogen and oxygen atoms in total. The van der Waals surface area contributed by atoms with Gasteiger partial charge in [0.05, 0.1) is 23.6 Å². The maximum absolute atomic E-state index is 12.0. The number of carboxylic acid groups (broad SMARTS) is 1. The van der Waals surface area contributed by atoms with Gasteiger partial charge in [0.1, 0.15) is 11.4 Å². The quantitative estimate of drug-likeness (QED) is 0.900. The Morgan fingerprint density at radius 3 is 2.24 bits per heavy atom. The molecule has 0 saturated carbocycles. The highest BCUT2D eigenvalue weighted by atomic mass is 32.1. The Morgan fingerprint density at radius 1 is 1.16 bits per heavy atom. The van der Waals surface area contributed by atoms with Crippen molar-refractivity contribution in [2.75, 3.05) is 12.4 Å². The van der Waals surface area contributed by atoms with Crippen molar-refractivity contribution in [3.63, 3.8) is 0 Å².